The lowest BCUT2D eigenvalue weighted by atomic mass is 9.92. The highest BCUT2D eigenvalue weighted by atomic mass is 16.5. The van der Waals surface area contributed by atoms with Gasteiger partial charge in [-0.1, -0.05) is 0 Å². The Morgan fingerprint density at radius 2 is 2.06 bits per heavy atom. The zero-order valence-corrected chi connectivity index (χ0v) is 11.3. The van der Waals surface area contributed by atoms with Crippen LogP contribution in [0.5, 0.6) is 0 Å². The Kier molecular flexibility index (Phi) is 4.95. The highest BCUT2D eigenvalue weighted by Crippen LogP contribution is 2.26. The summed E-state index contributed by atoms with van der Waals surface area (Å²) in [4.78, 5) is 11.3. The maximum absolute atomic E-state index is 11.3. The van der Waals surface area contributed by atoms with Crippen LogP contribution in [0.1, 0.15) is 53.4 Å². The molecule has 1 aliphatic carbocycles. The Morgan fingerprint density at radius 3 is 2.41 bits per heavy atom. The highest BCUT2D eigenvalue weighted by molar-refractivity contribution is 5.78. The number of hydrogen-bond acceptors (Lipinski definition) is 3. The first-order valence-corrected chi connectivity index (χ1v) is 6.50. The SMILES string of the molecule is CC(C)NC(C)(CC(C)OC1CCC1)C(=O)O. The van der Waals surface area contributed by atoms with Gasteiger partial charge in [0.1, 0.15) is 5.54 Å². The van der Waals surface area contributed by atoms with Gasteiger partial charge >= 0.3 is 5.97 Å². The number of hydrogen-bond donors (Lipinski definition) is 2. The fraction of sp³-hybridized carbons (Fsp3) is 0.923. The molecule has 1 rings (SSSR count). The third-order valence-electron chi connectivity index (χ3n) is 3.25. The van der Waals surface area contributed by atoms with Crippen molar-refractivity contribution in [2.75, 3.05) is 0 Å². The van der Waals surface area contributed by atoms with Crippen molar-refractivity contribution >= 4 is 5.97 Å². The van der Waals surface area contributed by atoms with Crippen LogP contribution in [0, 0.1) is 0 Å². The van der Waals surface area contributed by atoms with Crippen molar-refractivity contribution < 1.29 is 14.6 Å². The first-order chi connectivity index (χ1) is 7.83. The highest BCUT2D eigenvalue weighted by Gasteiger charge is 2.36. The van der Waals surface area contributed by atoms with Crippen LogP contribution in [0.15, 0.2) is 0 Å². The summed E-state index contributed by atoms with van der Waals surface area (Å²) in [6.07, 6.45) is 4.29. The summed E-state index contributed by atoms with van der Waals surface area (Å²) in [5.74, 6) is -0.810. The van der Waals surface area contributed by atoms with E-state index >= 15 is 0 Å². The number of ether oxygens (including phenoxy) is 1. The van der Waals surface area contributed by atoms with Gasteiger partial charge in [-0.3, -0.25) is 10.1 Å². The number of rotatable bonds is 7. The topological polar surface area (TPSA) is 58.6 Å². The molecule has 2 N–H and O–H groups in total. The Bertz CT molecular complexity index is 263. The minimum Gasteiger partial charge on any atom is -0.480 e. The van der Waals surface area contributed by atoms with E-state index in [0.717, 1.165) is 12.8 Å². The van der Waals surface area contributed by atoms with Crippen LogP contribution in [0.4, 0.5) is 0 Å². The van der Waals surface area contributed by atoms with Gasteiger partial charge in [-0.25, -0.2) is 0 Å². The molecule has 1 aliphatic rings. The zero-order chi connectivity index (χ0) is 13.1. The predicted octanol–water partition coefficient (Wildman–Crippen LogP) is 2.18. The van der Waals surface area contributed by atoms with E-state index in [1.807, 2.05) is 20.8 Å². The van der Waals surface area contributed by atoms with E-state index in [9.17, 15) is 9.90 Å². The molecule has 2 atom stereocenters. The van der Waals surface area contributed by atoms with Gasteiger partial charge in [0, 0.05) is 12.5 Å². The second kappa shape index (κ2) is 5.83. The zero-order valence-electron chi connectivity index (χ0n) is 11.3. The summed E-state index contributed by atoms with van der Waals surface area (Å²) in [5, 5.41) is 12.4. The molecule has 0 saturated heterocycles. The minimum absolute atomic E-state index is 0.0207. The van der Waals surface area contributed by atoms with E-state index in [0.29, 0.717) is 12.5 Å². The summed E-state index contributed by atoms with van der Waals surface area (Å²) >= 11 is 0. The molecule has 0 radical (unpaired) electrons. The molecule has 0 amide bonds. The average molecular weight is 243 g/mol. The molecule has 1 fully saturated rings. The van der Waals surface area contributed by atoms with Gasteiger partial charge in [0.25, 0.3) is 0 Å². The number of carbonyl (C=O) groups is 1. The van der Waals surface area contributed by atoms with Crippen molar-refractivity contribution in [2.24, 2.45) is 0 Å². The standard InChI is InChI=1S/C13H25NO3/c1-9(2)14-13(4,12(15)16)8-10(3)17-11-6-5-7-11/h9-11,14H,5-8H2,1-4H3,(H,15,16). The fourth-order valence-electron chi connectivity index (χ4n) is 2.30. The molecule has 2 unspecified atom stereocenters. The molecule has 0 bridgehead atoms. The average Bonchev–Trinajstić information content (AvgIpc) is 2.09. The van der Waals surface area contributed by atoms with Crippen LogP contribution >= 0.6 is 0 Å². The van der Waals surface area contributed by atoms with Crippen LogP contribution in [-0.4, -0.2) is 34.9 Å². The largest absolute Gasteiger partial charge is 0.480 e. The summed E-state index contributed by atoms with van der Waals surface area (Å²) < 4.78 is 5.81. The molecule has 0 aromatic heterocycles. The number of carboxylic acid groups (broad SMARTS) is 1. The maximum Gasteiger partial charge on any atom is 0.323 e. The molecule has 0 aromatic rings. The molecule has 0 aliphatic heterocycles. The summed E-state index contributed by atoms with van der Waals surface area (Å²) in [5.41, 5.74) is -0.905. The van der Waals surface area contributed by atoms with Crippen molar-refractivity contribution in [2.45, 2.75) is 77.2 Å². The van der Waals surface area contributed by atoms with Crippen molar-refractivity contribution in [3.8, 4) is 0 Å². The van der Waals surface area contributed by atoms with Crippen LogP contribution < -0.4 is 5.32 Å². The molecular formula is C13H25NO3. The number of nitrogens with one attached hydrogen (secondary N) is 1. The van der Waals surface area contributed by atoms with Crippen LogP contribution in [-0.2, 0) is 9.53 Å². The number of carboxylic acids is 1. The van der Waals surface area contributed by atoms with Crippen LogP contribution in [0.25, 0.3) is 0 Å². The van der Waals surface area contributed by atoms with Crippen molar-refractivity contribution in [1.29, 1.82) is 0 Å². The van der Waals surface area contributed by atoms with Gasteiger partial charge in [-0.2, -0.15) is 0 Å². The molecule has 4 heteroatoms. The molecule has 100 valence electrons. The second-order valence-electron chi connectivity index (χ2n) is 5.64. The first kappa shape index (κ1) is 14.5. The Balaban J connectivity index is 2.49. The molecule has 1 saturated carbocycles. The van der Waals surface area contributed by atoms with Crippen LogP contribution in [0.2, 0.25) is 0 Å². The molecular weight excluding hydrogens is 218 g/mol. The maximum atomic E-state index is 11.3. The molecule has 0 spiro atoms. The fourth-order valence-corrected chi connectivity index (χ4v) is 2.30. The third-order valence-corrected chi connectivity index (χ3v) is 3.25. The molecule has 4 nitrogen and oxygen atoms in total. The minimum atomic E-state index is -0.905. The van der Waals surface area contributed by atoms with Crippen molar-refractivity contribution in [3.05, 3.63) is 0 Å². The lowest BCUT2D eigenvalue weighted by Gasteiger charge is -2.34. The lowest BCUT2D eigenvalue weighted by molar-refractivity contribution is -0.147. The summed E-state index contributed by atoms with van der Waals surface area (Å²) in [6.45, 7) is 7.61. The summed E-state index contributed by atoms with van der Waals surface area (Å²) in [6, 6.07) is 0.145. The van der Waals surface area contributed by atoms with Crippen molar-refractivity contribution in [1.82, 2.24) is 5.32 Å². The molecule has 0 heterocycles. The Labute approximate surface area is 104 Å². The predicted molar refractivity (Wildman–Crippen MR) is 67.1 cm³/mol. The van der Waals surface area contributed by atoms with Crippen molar-refractivity contribution in [3.63, 3.8) is 0 Å². The van der Waals surface area contributed by atoms with E-state index in [2.05, 4.69) is 5.32 Å². The van der Waals surface area contributed by atoms with E-state index in [-0.39, 0.29) is 12.1 Å². The number of aliphatic carboxylic acids is 1. The Morgan fingerprint density at radius 1 is 1.47 bits per heavy atom. The first-order valence-electron chi connectivity index (χ1n) is 6.50. The van der Waals surface area contributed by atoms with E-state index in [4.69, 9.17) is 4.74 Å². The monoisotopic (exact) mass is 243 g/mol. The van der Waals surface area contributed by atoms with E-state index < -0.39 is 11.5 Å². The van der Waals surface area contributed by atoms with E-state index in [1.54, 1.807) is 6.92 Å². The van der Waals surface area contributed by atoms with Gasteiger partial charge < -0.3 is 9.84 Å². The van der Waals surface area contributed by atoms with Gasteiger partial charge in [0.2, 0.25) is 0 Å². The van der Waals surface area contributed by atoms with Crippen LogP contribution in [0.3, 0.4) is 0 Å². The smallest absolute Gasteiger partial charge is 0.323 e. The summed E-state index contributed by atoms with van der Waals surface area (Å²) in [7, 11) is 0. The van der Waals surface area contributed by atoms with Gasteiger partial charge in [0.05, 0.1) is 12.2 Å². The van der Waals surface area contributed by atoms with Gasteiger partial charge in [-0.15, -0.1) is 0 Å². The van der Waals surface area contributed by atoms with E-state index in [1.165, 1.54) is 6.42 Å². The molecule has 17 heavy (non-hydrogen) atoms. The Hall–Kier alpha value is -0.610. The second-order valence-corrected chi connectivity index (χ2v) is 5.64. The van der Waals surface area contributed by atoms with Gasteiger partial charge in [-0.05, 0) is 47.0 Å². The third kappa shape index (κ3) is 4.28. The van der Waals surface area contributed by atoms with Gasteiger partial charge in [0.15, 0.2) is 0 Å². The molecule has 0 aromatic carbocycles. The lowest BCUT2D eigenvalue weighted by Crippen LogP contribution is -2.54. The normalized spacial score (nSPS) is 21.9. The quantitative estimate of drug-likeness (QED) is 0.719.